The Morgan fingerprint density at radius 1 is 1.00 bits per heavy atom. The van der Waals surface area contributed by atoms with E-state index in [0.29, 0.717) is 0 Å². The zero-order chi connectivity index (χ0) is 9.30. The number of rotatable bonds is 1. The Labute approximate surface area is 98.5 Å². The molecular weight excluding hydrogens is 191 g/mol. The van der Waals surface area contributed by atoms with Crippen LogP contribution in [0.3, 0.4) is 0 Å². The minimum absolute atomic E-state index is 0. The van der Waals surface area contributed by atoms with E-state index in [4.69, 9.17) is 25.5 Å². The summed E-state index contributed by atoms with van der Waals surface area (Å²) in [5, 5.41) is 44.7. The van der Waals surface area contributed by atoms with Crippen LogP contribution in [0.5, 0.6) is 0 Å². The zero-order valence-electron chi connectivity index (χ0n) is 8.24. The van der Waals surface area contributed by atoms with E-state index < -0.39 is 37.3 Å². The van der Waals surface area contributed by atoms with Gasteiger partial charge in [-0.3, -0.25) is 0 Å². The molecule has 7 heteroatoms. The topological polar surface area (TPSA) is 110 Å². The minimum Gasteiger partial charge on any atom is -1.00 e. The maximum absolute atomic E-state index is 9.12. The monoisotopic (exact) mass is 204 g/mol. The summed E-state index contributed by atoms with van der Waals surface area (Å²) < 4.78 is 4.58. The summed E-state index contributed by atoms with van der Waals surface area (Å²) in [5.74, 6) is 0. The Hall–Kier alpha value is 0.760. The molecule has 0 radical (unpaired) electrons. The Balaban J connectivity index is 0. The quantitative estimate of drug-likeness (QED) is 0.272. The fourth-order valence-electron chi connectivity index (χ4n) is 1.08. The van der Waals surface area contributed by atoms with Gasteiger partial charge in [-0.25, -0.2) is 0 Å². The second-order valence-electron chi connectivity index (χ2n) is 2.72. The molecule has 0 aromatic carbocycles. The molecule has 1 heterocycles. The van der Waals surface area contributed by atoms with Crippen molar-refractivity contribution in [3.05, 3.63) is 0 Å². The van der Waals surface area contributed by atoms with E-state index in [2.05, 4.69) is 4.74 Å². The molecule has 5 atom stereocenters. The van der Waals surface area contributed by atoms with Crippen LogP contribution < -0.4 is 29.6 Å². The first-order valence-electron chi connectivity index (χ1n) is 3.56. The minimum atomic E-state index is -1.57. The molecule has 6 nitrogen and oxygen atoms in total. The van der Waals surface area contributed by atoms with E-state index >= 15 is 0 Å². The van der Waals surface area contributed by atoms with Gasteiger partial charge < -0.3 is 31.7 Å². The molecule has 1 rings (SSSR count). The molecule has 1 aliphatic heterocycles. The second-order valence-corrected chi connectivity index (χ2v) is 2.72. The summed E-state index contributed by atoms with van der Waals surface area (Å²) in [6.45, 7) is -0.526. The van der Waals surface area contributed by atoms with Gasteiger partial charge in [0.05, 0.1) is 6.61 Å². The largest absolute Gasteiger partial charge is 1.00 e. The van der Waals surface area contributed by atoms with Gasteiger partial charge in [-0.15, -0.1) is 0 Å². The second kappa shape index (κ2) is 5.59. The van der Waals surface area contributed by atoms with Crippen molar-refractivity contribution in [2.75, 3.05) is 6.61 Å². The zero-order valence-corrected chi connectivity index (χ0v) is 9.24. The molecule has 5 N–H and O–H groups in total. The Kier molecular flexibility index (Phi) is 5.92. The summed E-state index contributed by atoms with van der Waals surface area (Å²) in [6.07, 6.45) is -7.04. The van der Waals surface area contributed by atoms with Crippen molar-refractivity contribution in [3.63, 3.8) is 0 Å². The van der Waals surface area contributed by atoms with E-state index in [0.717, 1.165) is 0 Å². The van der Waals surface area contributed by atoms with Gasteiger partial charge in [-0.1, -0.05) is 0 Å². The number of hydrogen-bond acceptors (Lipinski definition) is 6. The molecular formula is C6H13NaO6. The van der Waals surface area contributed by atoms with Gasteiger partial charge in [0, 0.05) is 0 Å². The molecule has 0 aliphatic carbocycles. The van der Waals surface area contributed by atoms with Crippen LogP contribution in [0, 0.1) is 0 Å². The molecule has 1 fully saturated rings. The van der Waals surface area contributed by atoms with Gasteiger partial charge in [-0.2, -0.15) is 0 Å². The van der Waals surface area contributed by atoms with Crippen LogP contribution in [-0.4, -0.2) is 62.8 Å². The number of hydrogen-bond donors (Lipinski definition) is 5. The van der Waals surface area contributed by atoms with Crippen molar-refractivity contribution in [3.8, 4) is 0 Å². The van der Waals surface area contributed by atoms with Crippen LogP contribution in [0.1, 0.15) is 1.43 Å². The molecule has 0 unspecified atom stereocenters. The molecule has 0 saturated carbocycles. The number of aliphatic hydroxyl groups excluding tert-OH is 5. The van der Waals surface area contributed by atoms with Crippen molar-refractivity contribution in [1.29, 1.82) is 0 Å². The normalized spacial score (nSPS) is 45.5. The number of ether oxygens (including phenoxy) is 1. The first-order chi connectivity index (χ1) is 5.57. The summed E-state index contributed by atoms with van der Waals surface area (Å²) in [5.41, 5.74) is 0. The SMILES string of the molecule is OC[C@H]1O[C@H](O)[C@H](O)[C@@H](O)[C@@H]1O.[H-].[Na+]. The van der Waals surface area contributed by atoms with E-state index in [9.17, 15) is 0 Å². The molecule has 0 amide bonds. The summed E-state index contributed by atoms with van der Waals surface area (Å²) in [6, 6.07) is 0. The van der Waals surface area contributed by atoms with E-state index in [1.165, 1.54) is 0 Å². The van der Waals surface area contributed by atoms with Crippen LogP contribution in [-0.2, 0) is 4.74 Å². The van der Waals surface area contributed by atoms with Crippen molar-refractivity contribution in [2.24, 2.45) is 0 Å². The maximum atomic E-state index is 9.12. The molecule has 1 aliphatic rings. The van der Waals surface area contributed by atoms with Crippen LogP contribution in [0.15, 0.2) is 0 Å². The van der Waals surface area contributed by atoms with Crippen LogP contribution >= 0.6 is 0 Å². The standard InChI is InChI=1S/C6H12O6.Na.H/c7-1-2-3(8)4(9)5(10)6(11)12-2;;/h2-11H,1H2;;/q;+1;-1/t2-,3-,4+,5-,6+;;/m1../s1. The predicted octanol–water partition coefficient (Wildman–Crippen LogP) is -6.10. The van der Waals surface area contributed by atoms with Crippen molar-refractivity contribution >= 4 is 0 Å². The Morgan fingerprint density at radius 3 is 2.00 bits per heavy atom. The first-order valence-corrected chi connectivity index (χ1v) is 3.56. The fraction of sp³-hybridized carbons (Fsp3) is 1.00. The first kappa shape index (κ1) is 13.8. The fourth-order valence-corrected chi connectivity index (χ4v) is 1.08. The smallest absolute Gasteiger partial charge is 1.00 e. The third kappa shape index (κ3) is 2.85. The van der Waals surface area contributed by atoms with E-state index in [-0.39, 0.29) is 31.0 Å². The van der Waals surface area contributed by atoms with Crippen LogP contribution in [0.4, 0.5) is 0 Å². The van der Waals surface area contributed by atoms with Crippen molar-refractivity contribution in [1.82, 2.24) is 0 Å². The Bertz CT molecular complexity index is 157. The van der Waals surface area contributed by atoms with E-state index in [1.54, 1.807) is 0 Å². The van der Waals surface area contributed by atoms with Crippen LogP contribution in [0.2, 0.25) is 0 Å². The van der Waals surface area contributed by atoms with Crippen molar-refractivity contribution in [2.45, 2.75) is 30.7 Å². The summed E-state index contributed by atoms with van der Waals surface area (Å²) in [7, 11) is 0. The molecule has 1 saturated heterocycles. The average Bonchev–Trinajstić information content (AvgIpc) is 2.08. The van der Waals surface area contributed by atoms with E-state index in [1.807, 2.05) is 0 Å². The van der Waals surface area contributed by atoms with Gasteiger partial charge in [0.15, 0.2) is 6.29 Å². The molecule has 0 spiro atoms. The molecule has 13 heavy (non-hydrogen) atoms. The predicted molar refractivity (Wildman–Crippen MR) is 37.1 cm³/mol. The molecule has 74 valence electrons. The third-order valence-electron chi connectivity index (χ3n) is 1.87. The maximum Gasteiger partial charge on any atom is 1.00 e. The van der Waals surface area contributed by atoms with Crippen LogP contribution in [0.25, 0.3) is 0 Å². The van der Waals surface area contributed by atoms with Gasteiger partial charge >= 0.3 is 29.6 Å². The number of aliphatic hydroxyl groups is 5. The van der Waals surface area contributed by atoms with Gasteiger partial charge in [0.1, 0.15) is 24.4 Å². The molecule has 0 bridgehead atoms. The third-order valence-corrected chi connectivity index (χ3v) is 1.87. The van der Waals surface area contributed by atoms with Gasteiger partial charge in [0.25, 0.3) is 0 Å². The van der Waals surface area contributed by atoms with Gasteiger partial charge in [-0.05, 0) is 0 Å². The summed E-state index contributed by atoms with van der Waals surface area (Å²) in [4.78, 5) is 0. The average molecular weight is 204 g/mol. The molecule has 0 aromatic heterocycles. The van der Waals surface area contributed by atoms with Gasteiger partial charge in [0.2, 0.25) is 0 Å². The summed E-state index contributed by atoms with van der Waals surface area (Å²) >= 11 is 0. The molecule has 0 aromatic rings. The van der Waals surface area contributed by atoms with Crippen molar-refractivity contribution < 1.29 is 61.3 Å². The Morgan fingerprint density at radius 2 is 1.54 bits per heavy atom.